The summed E-state index contributed by atoms with van der Waals surface area (Å²) in [4.78, 5) is 18.0. The van der Waals surface area contributed by atoms with E-state index in [4.69, 9.17) is 49.0 Å². The van der Waals surface area contributed by atoms with E-state index in [1.165, 1.54) is 14.2 Å². The molecule has 4 rings (SSSR count). The summed E-state index contributed by atoms with van der Waals surface area (Å²) in [5.41, 5.74) is 0.644. The summed E-state index contributed by atoms with van der Waals surface area (Å²) in [6, 6.07) is 4.99. The second-order valence-electron chi connectivity index (χ2n) is 7.21. The molecular weight excluding hydrogens is 451 g/mol. The zero-order valence-corrected chi connectivity index (χ0v) is 18.9. The molecular formula is C21H19Cl3N2O4. The smallest absolute Gasteiger partial charge is 0.259 e. The molecule has 2 heterocycles. The Bertz CT molecular complexity index is 1180. The first-order valence-corrected chi connectivity index (χ1v) is 10.3. The van der Waals surface area contributed by atoms with Crippen LogP contribution in [0.15, 0.2) is 29.2 Å². The number of nitrogens with zero attached hydrogens (tertiary/aromatic N) is 2. The van der Waals surface area contributed by atoms with E-state index in [1.54, 1.807) is 36.1 Å². The van der Waals surface area contributed by atoms with Crippen molar-refractivity contribution < 1.29 is 14.2 Å². The minimum Gasteiger partial charge on any atom is -0.495 e. The lowest BCUT2D eigenvalue weighted by Gasteiger charge is -2.23. The molecule has 1 fully saturated rings. The third kappa shape index (κ3) is 3.32. The summed E-state index contributed by atoms with van der Waals surface area (Å²) in [6.07, 6.45) is 3.24. The van der Waals surface area contributed by atoms with Crippen molar-refractivity contribution >= 4 is 45.7 Å². The van der Waals surface area contributed by atoms with Gasteiger partial charge >= 0.3 is 0 Å². The topological polar surface area (TPSA) is 62.6 Å². The van der Waals surface area contributed by atoms with Crippen LogP contribution in [0, 0.1) is 0 Å². The fourth-order valence-corrected chi connectivity index (χ4v) is 4.66. The SMILES string of the molecule is COCC1(n2c(=O)c(-c3c(Cl)c(OC)cc(OC)c3Cl)cc3cnc(Cl)cc32)CC1. The monoisotopic (exact) mass is 468 g/mol. The van der Waals surface area contributed by atoms with Crippen molar-refractivity contribution in [3.05, 3.63) is 49.9 Å². The Morgan fingerprint density at radius 2 is 1.67 bits per heavy atom. The highest BCUT2D eigenvalue weighted by Gasteiger charge is 2.46. The van der Waals surface area contributed by atoms with Crippen LogP contribution in [0.25, 0.3) is 22.0 Å². The molecule has 30 heavy (non-hydrogen) atoms. The van der Waals surface area contributed by atoms with Crippen LogP contribution in [0.4, 0.5) is 0 Å². The lowest BCUT2D eigenvalue weighted by atomic mass is 10.0. The number of halogens is 3. The zero-order chi connectivity index (χ0) is 21.6. The third-order valence-electron chi connectivity index (χ3n) is 5.41. The van der Waals surface area contributed by atoms with E-state index in [-0.39, 0.29) is 15.6 Å². The molecule has 0 bridgehead atoms. The minimum absolute atomic E-state index is 0.227. The molecule has 9 heteroatoms. The zero-order valence-electron chi connectivity index (χ0n) is 16.6. The van der Waals surface area contributed by atoms with Crippen molar-refractivity contribution in [1.82, 2.24) is 9.55 Å². The van der Waals surface area contributed by atoms with Gasteiger partial charge in [-0.2, -0.15) is 0 Å². The highest BCUT2D eigenvalue weighted by atomic mass is 35.5. The van der Waals surface area contributed by atoms with Crippen molar-refractivity contribution in [3.8, 4) is 22.6 Å². The van der Waals surface area contributed by atoms with Crippen LogP contribution in [-0.2, 0) is 10.3 Å². The summed E-state index contributed by atoms with van der Waals surface area (Å²) in [5.74, 6) is 0.706. The van der Waals surface area contributed by atoms with Crippen LogP contribution < -0.4 is 15.0 Å². The Kier molecular flexibility index (Phi) is 5.62. The van der Waals surface area contributed by atoms with Crippen molar-refractivity contribution in [2.75, 3.05) is 27.9 Å². The number of benzene rings is 1. The fourth-order valence-electron chi connectivity index (χ4n) is 3.80. The van der Waals surface area contributed by atoms with Gasteiger partial charge in [-0.25, -0.2) is 4.98 Å². The molecule has 0 spiro atoms. The molecule has 6 nitrogen and oxygen atoms in total. The van der Waals surface area contributed by atoms with E-state index in [9.17, 15) is 4.79 Å². The molecule has 3 aromatic rings. The second-order valence-corrected chi connectivity index (χ2v) is 8.35. The summed E-state index contributed by atoms with van der Waals surface area (Å²) in [6.45, 7) is 0.397. The van der Waals surface area contributed by atoms with Gasteiger partial charge in [-0.3, -0.25) is 9.36 Å². The number of methoxy groups -OCH3 is 3. The van der Waals surface area contributed by atoms with E-state index < -0.39 is 5.54 Å². The highest BCUT2D eigenvalue weighted by molar-refractivity contribution is 6.41. The minimum atomic E-state index is -0.452. The highest BCUT2D eigenvalue weighted by Crippen LogP contribution is 2.48. The number of rotatable bonds is 6. The number of hydrogen-bond acceptors (Lipinski definition) is 5. The van der Waals surface area contributed by atoms with E-state index in [2.05, 4.69) is 4.98 Å². The van der Waals surface area contributed by atoms with Crippen LogP contribution in [0.1, 0.15) is 12.8 Å². The Labute approximate surface area is 188 Å². The van der Waals surface area contributed by atoms with Gasteiger partial charge in [-0.1, -0.05) is 34.8 Å². The normalized spacial score (nSPS) is 14.7. The lowest BCUT2D eigenvalue weighted by Crippen LogP contribution is -2.34. The maximum Gasteiger partial charge on any atom is 0.259 e. The largest absolute Gasteiger partial charge is 0.495 e. The molecule has 2 aromatic heterocycles. The molecule has 0 radical (unpaired) electrons. The number of hydrogen-bond donors (Lipinski definition) is 0. The molecule has 0 unspecified atom stereocenters. The van der Waals surface area contributed by atoms with Gasteiger partial charge in [0.2, 0.25) is 0 Å². The van der Waals surface area contributed by atoms with Crippen LogP contribution in [0.2, 0.25) is 15.2 Å². The van der Waals surface area contributed by atoms with Crippen LogP contribution in [-0.4, -0.2) is 37.5 Å². The Morgan fingerprint density at radius 1 is 1.03 bits per heavy atom. The Hall–Kier alpha value is -1.99. The molecule has 1 aliphatic rings. The first-order valence-electron chi connectivity index (χ1n) is 9.18. The van der Waals surface area contributed by atoms with Gasteiger partial charge in [-0.15, -0.1) is 0 Å². The number of fused-ring (bicyclic) bond motifs is 1. The van der Waals surface area contributed by atoms with Crippen molar-refractivity contribution in [1.29, 1.82) is 0 Å². The van der Waals surface area contributed by atoms with E-state index in [0.717, 1.165) is 18.2 Å². The molecule has 0 aliphatic heterocycles. The van der Waals surface area contributed by atoms with Crippen molar-refractivity contribution in [3.63, 3.8) is 0 Å². The molecule has 158 valence electrons. The first kappa shape index (κ1) is 21.2. The molecule has 0 atom stereocenters. The molecule has 0 amide bonds. The quantitative estimate of drug-likeness (QED) is 0.466. The van der Waals surface area contributed by atoms with E-state index in [0.29, 0.717) is 39.9 Å². The van der Waals surface area contributed by atoms with E-state index in [1.807, 2.05) is 0 Å². The summed E-state index contributed by atoms with van der Waals surface area (Å²) in [7, 11) is 4.59. The Morgan fingerprint density at radius 3 is 2.20 bits per heavy atom. The van der Waals surface area contributed by atoms with Gasteiger partial charge in [0, 0.05) is 30.3 Å². The molecule has 1 aliphatic carbocycles. The molecule has 1 saturated carbocycles. The van der Waals surface area contributed by atoms with E-state index >= 15 is 0 Å². The van der Waals surface area contributed by atoms with Gasteiger partial charge in [0.05, 0.1) is 47.5 Å². The number of ether oxygens (including phenoxy) is 3. The predicted molar refractivity (Wildman–Crippen MR) is 119 cm³/mol. The van der Waals surface area contributed by atoms with Gasteiger partial charge in [0.25, 0.3) is 5.56 Å². The summed E-state index contributed by atoms with van der Waals surface area (Å²) >= 11 is 19.3. The maximum absolute atomic E-state index is 13.8. The first-order chi connectivity index (χ1) is 14.4. The average Bonchev–Trinajstić information content (AvgIpc) is 3.49. The summed E-state index contributed by atoms with van der Waals surface area (Å²) in [5, 5.41) is 1.48. The third-order valence-corrected chi connectivity index (χ3v) is 6.37. The Balaban J connectivity index is 2.12. The van der Waals surface area contributed by atoms with Gasteiger partial charge in [0.15, 0.2) is 0 Å². The van der Waals surface area contributed by atoms with Gasteiger partial charge < -0.3 is 14.2 Å². The van der Waals surface area contributed by atoms with Gasteiger partial charge in [0.1, 0.15) is 16.7 Å². The average molecular weight is 470 g/mol. The van der Waals surface area contributed by atoms with Crippen LogP contribution in [0.3, 0.4) is 0 Å². The standard InChI is InChI=1S/C21H19Cl3N2O4/c1-28-10-21(4-5-21)26-13-7-16(22)25-9-11(13)6-12(20(26)27)17-18(23)14(29-2)8-15(30-3)19(17)24/h6-9H,4-5,10H2,1-3H3. The molecule has 0 N–H and O–H groups in total. The predicted octanol–water partition coefficient (Wildman–Crippen LogP) is 5.18. The second kappa shape index (κ2) is 7.93. The van der Waals surface area contributed by atoms with Crippen molar-refractivity contribution in [2.24, 2.45) is 0 Å². The number of aromatic nitrogens is 2. The fraction of sp³-hybridized carbons (Fsp3) is 0.333. The van der Waals surface area contributed by atoms with Crippen LogP contribution in [0.5, 0.6) is 11.5 Å². The lowest BCUT2D eigenvalue weighted by molar-refractivity contribution is 0.144. The van der Waals surface area contributed by atoms with Crippen LogP contribution >= 0.6 is 34.8 Å². The molecule has 1 aromatic carbocycles. The van der Waals surface area contributed by atoms with Crippen molar-refractivity contribution in [2.45, 2.75) is 18.4 Å². The van der Waals surface area contributed by atoms with Gasteiger partial charge in [-0.05, 0) is 25.0 Å². The summed E-state index contributed by atoms with van der Waals surface area (Å²) < 4.78 is 17.9. The maximum atomic E-state index is 13.8. The molecule has 0 saturated heterocycles. The number of pyridine rings is 2.